The lowest BCUT2D eigenvalue weighted by atomic mass is 9.89. The number of hydrogen-bond donors (Lipinski definition) is 4. The first-order valence-electron chi connectivity index (χ1n) is 25.2. The van der Waals surface area contributed by atoms with Gasteiger partial charge in [0.25, 0.3) is 0 Å². The van der Waals surface area contributed by atoms with Crippen molar-refractivity contribution in [2.75, 3.05) is 13.2 Å². The van der Waals surface area contributed by atoms with Crippen molar-refractivity contribution in [3.05, 3.63) is 0 Å². The van der Waals surface area contributed by atoms with Crippen LogP contribution in [0.3, 0.4) is 0 Å². The van der Waals surface area contributed by atoms with Crippen LogP contribution in [-0.2, 0) is 43.1 Å². The number of rotatable bonds is 6. The maximum absolute atomic E-state index is 11.1. The van der Waals surface area contributed by atoms with Crippen LogP contribution in [-0.4, -0.2) is 87.7 Å². The van der Waals surface area contributed by atoms with Crippen LogP contribution in [0.4, 0.5) is 0 Å². The minimum absolute atomic E-state index is 0.0559. The lowest BCUT2D eigenvalue weighted by Crippen LogP contribution is -2.41. The number of epoxide rings is 1. The van der Waals surface area contributed by atoms with E-state index in [2.05, 4.69) is 33.7 Å². The second-order valence-corrected chi connectivity index (χ2v) is 25.6. The molecule has 2 aliphatic rings. The lowest BCUT2D eigenvalue weighted by molar-refractivity contribution is -0.127. The molecule has 71 heavy (non-hydrogen) atoms. The Labute approximate surface area is 434 Å². The van der Waals surface area contributed by atoms with Crippen molar-refractivity contribution >= 4 is 46.6 Å². The van der Waals surface area contributed by atoms with Crippen LogP contribution < -0.4 is 16.0 Å². The van der Waals surface area contributed by atoms with E-state index < -0.39 is 5.41 Å². The second-order valence-electron chi connectivity index (χ2n) is 25.6. The van der Waals surface area contributed by atoms with Gasteiger partial charge in [-0.15, -0.1) is 6.42 Å². The highest BCUT2D eigenvalue weighted by atomic mass is 16.6. The molecule has 1 saturated carbocycles. The zero-order chi connectivity index (χ0) is 58.4. The third-order valence-electron chi connectivity index (χ3n) is 8.57. The smallest absolute Gasteiger partial charge is 0.223 e. The molecule has 13 heteroatoms. The van der Waals surface area contributed by atoms with E-state index >= 15 is 0 Å². The monoisotopic (exact) mass is 1010 g/mol. The summed E-state index contributed by atoms with van der Waals surface area (Å²) in [6.07, 6.45) is 9.40. The van der Waals surface area contributed by atoms with Crippen LogP contribution in [0.5, 0.6) is 0 Å². The van der Waals surface area contributed by atoms with Gasteiger partial charge in [-0.3, -0.25) is 38.4 Å². The number of aliphatic hydroxyl groups excluding tert-OH is 1. The molecule has 1 aliphatic heterocycles. The Morgan fingerprint density at radius 3 is 0.915 bits per heavy atom. The van der Waals surface area contributed by atoms with E-state index in [0.29, 0.717) is 49.8 Å². The summed E-state index contributed by atoms with van der Waals surface area (Å²) in [7, 11) is 0. The summed E-state index contributed by atoms with van der Waals surface area (Å²) in [6, 6.07) is 0. The third-order valence-corrected chi connectivity index (χ3v) is 8.57. The molecule has 1 heterocycles. The van der Waals surface area contributed by atoms with Crippen molar-refractivity contribution < 1.29 is 48.2 Å². The average molecular weight is 1010 g/mol. The fraction of sp³-hybridized carbons (Fsp3) is 0.793. The molecule has 0 spiro atoms. The van der Waals surface area contributed by atoms with Gasteiger partial charge in [-0.05, 0) is 87.0 Å². The quantitative estimate of drug-likeness (QED) is 0.113. The fourth-order valence-electron chi connectivity index (χ4n) is 4.10. The van der Waals surface area contributed by atoms with Gasteiger partial charge in [-0.1, -0.05) is 137 Å². The highest BCUT2D eigenvalue weighted by Crippen LogP contribution is 2.29. The summed E-state index contributed by atoms with van der Waals surface area (Å²) in [5.74, 6) is 8.11. The molecule has 3 amide bonds. The average Bonchev–Trinajstić information content (AvgIpc) is 4.11. The molecule has 13 nitrogen and oxygen atoms in total. The van der Waals surface area contributed by atoms with E-state index in [4.69, 9.17) is 16.3 Å². The van der Waals surface area contributed by atoms with E-state index in [1.807, 2.05) is 152 Å². The van der Waals surface area contributed by atoms with Crippen molar-refractivity contribution in [3.8, 4) is 24.2 Å². The van der Waals surface area contributed by atoms with Crippen molar-refractivity contribution in [1.82, 2.24) is 16.0 Å². The molecule has 1 atom stereocenters. The predicted molar refractivity (Wildman–Crippen MR) is 293 cm³/mol. The highest BCUT2D eigenvalue weighted by Gasteiger charge is 2.38. The summed E-state index contributed by atoms with van der Waals surface area (Å²) in [5.41, 5.74) is -1.47. The van der Waals surface area contributed by atoms with Crippen molar-refractivity contribution in [3.63, 3.8) is 0 Å². The first-order valence-corrected chi connectivity index (χ1v) is 25.2. The van der Waals surface area contributed by atoms with Gasteiger partial charge in [0.1, 0.15) is 24.3 Å². The number of terminal acetylenes is 1. The summed E-state index contributed by atoms with van der Waals surface area (Å²) in [6.45, 7) is 53.9. The number of carbonyl (C=O) groups excluding carboxylic acids is 8. The summed E-state index contributed by atoms with van der Waals surface area (Å²) >= 11 is 0. The van der Waals surface area contributed by atoms with E-state index in [1.54, 1.807) is 41.5 Å². The predicted octanol–water partition coefficient (Wildman–Crippen LogP) is 10.8. The fourth-order valence-corrected chi connectivity index (χ4v) is 4.10. The zero-order valence-corrected chi connectivity index (χ0v) is 50.5. The van der Waals surface area contributed by atoms with Crippen molar-refractivity contribution in [2.24, 2.45) is 33.0 Å². The highest BCUT2D eigenvalue weighted by molar-refractivity contribution is 5.99. The maximum Gasteiger partial charge on any atom is 0.223 e. The van der Waals surface area contributed by atoms with Gasteiger partial charge in [0.2, 0.25) is 29.3 Å². The van der Waals surface area contributed by atoms with Crippen LogP contribution in [0, 0.1) is 57.2 Å². The van der Waals surface area contributed by atoms with Crippen LogP contribution >= 0.6 is 0 Å². The van der Waals surface area contributed by atoms with Gasteiger partial charge in [0.05, 0.1) is 6.61 Å². The number of aliphatic hydroxyl groups is 1. The molecule has 1 saturated heterocycles. The lowest BCUT2D eigenvalue weighted by Gasteiger charge is -2.20. The molecule has 0 radical (unpaired) electrons. The Balaban J connectivity index is -0.000000170. The van der Waals surface area contributed by atoms with Crippen LogP contribution in [0.25, 0.3) is 0 Å². The number of nitrogens with one attached hydrogen (secondary N) is 3. The Morgan fingerprint density at radius 2 is 0.803 bits per heavy atom. The van der Waals surface area contributed by atoms with Crippen LogP contribution in [0.2, 0.25) is 0 Å². The van der Waals surface area contributed by atoms with E-state index in [1.165, 1.54) is 0 Å². The molecule has 414 valence electrons. The van der Waals surface area contributed by atoms with Crippen LogP contribution in [0.1, 0.15) is 232 Å². The zero-order valence-electron chi connectivity index (χ0n) is 50.5. The molecule has 1 aliphatic carbocycles. The maximum atomic E-state index is 11.1. The number of amides is 3. The number of carbonyl (C=O) groups is 8. The van der Waals surface area contributed by atoms with Gasteiger partial charge in [-0.2, -0.15) is 0 Å². The topological polar surface area (TPSA) is 205 Å². The van der Waals surface area contributed by atoms with Crippen molar-refractivity contribution in [1.29, 1.82) is 0 Å². The normalized spacial score (nSPS) is 13.9. The molecule has 0 bridgehead atoms. The van der Waals surface area contributed by atoms with Gasteiger partial charge < -0.3 is 25.8 Å². The minimum Gasteiger partial charge on any atom is -0.384 e. The number of ketones is 5. The third kappa shape index (κ3) is 56.6. The summed E-state index contributed by atoms with van der Waals surface area (Å²) < 4.78 is 4.85. The van der Waals surface area contributed by atoms with Crippen molar-refractivity contribution in [2.45, 2.75) is 255 Å². The first kappa shape index (κ1) is 78.2. The number of hydrogen-bond acceptors (Lipinski definition) is 10. The van der Waals surface area contributed by atoms with Gasteiger partial charge >= 0.3 is 0 Å². The minimum atomic E-state index is -0.415. The van der Waals surface area contributed by atoms with E-state index in [0.717, 1.165) is 12.8 Å². The van der Waals surface area contributed by atoms with E-state index in [-0.39, 0.29) is 86.1 Å². The number of ether oxygens (including phenoxy) is 1. The Kier molecular flexibility index (Phi) is 38.6. The Hall–Kier alpha value is -4.20. The largest absolute Gasteiger partial charge is 0.384 e. The molecule has 0 aromatic rings. The van der Waals surface area contributed by atoms with Gasteiger partial charge in [0.15, 0.2) is 5.78 Å². The number of Topliss-reactive ketones (excluding diaryl/α,β-unsaturated/α-hetero) is 5. The summed E-state index contributed by atoms with van der Waals surface area (Å²) in [5, 5.41) is 16.9. The SMILES string of the molecule is C#CC(=O)C(C)(C)C.CC(C)(C)C(=O)C#CCO.CC(C)(C)C(=O)C1CO1.CC(C)(C)NC(=O)C1CC1.CCC(=O)C(C)(C)C.CCC(=O)C(C)(C)C.CCC(=O)NC(C)(C)C.CCC(=O)NC(C)(C)C. The molecular formula is C58H107N3O10. The molecule has 0 aromatic carbocycles. The second kappa shape index (κ2) is 35.0. The molecular weight excluding hydrogens is 899 g/mol. The molecule has 1 unspecified atom stereocenters. The van der Waals surface area contributed by atoms with E-state index in [9.17, 15) is 38.4 Å². The van der Waals surface area contributed by atoms with Crippen LogP contribution in [0.15, 0.2) is 0 Å². The molecule has 2 fully saturated rings. The molecule has 0 aromatic heterocycles. The van der Waals surface area contributed by atoms with Gasteiger partial charge in [-0.25, -0.2) is 0 Å². The van der Waals surface area contributed by atoms with Gasteiger partial charge in [0, 0.05) is 75.3 Å². The summed E-state index contributed by atoms with van der Waals surface area (Å²) in [4.78, 5) is 86.8. The molecule has 2 rings (SSSR count). The Morgan fingerprint density at radius 1 is 0.493 bits per heavy atom. The Bertz CT molecular complexity index is 1670. The first-order chi connectivity index (χ1) is 31.3. The standard InChI is InChI=1S/C8H15NO.C8H12O2.2C7H15NO.C7H12O2.2C7H14O.C7H10O/c1-8(2,3)9-7(10)6-4-5-6;1-8(2,3)7(10)5-4-6-9;2*1-5-6(9)8-7(2,3)4;1-7(2,3)6(8)5-4-9-5;3*1-5-6(8)7(2,3)4/h6H,4-5H2,1-3H3,(H,9,10);9H,6H2,1-3H3;2*5H2,1-4H3,(H,8,9);5H,4H2,1-3H3;2*5H2,1-4H3;1H,2-4H3. The molecule has 4 N–H and O–H groups in total.